The van der Waals surface area contributed by atoms with E-state index in [1.165, 1.54) is 12.3 Å². The van der Waals surface area contributed by atoms with Crippen molar-refractivity contribution in [3.8, 4) is 0 Å². The minimum atomic E-state index is -0.877. The van der Waals surface area contributed by atoms with E-state index in [-0.39, 0.29) is 24.5 Å². The Bertz CT molecular complexity index is 1070. The number of carbonyl (C=O) groups excluding carboxylic acids is 1. The van der Waals surface area contributed by atoms with Crippen LogP contribution in [0.2, 0.25) is 0 Å². The summed E-state index contributed by atoms with van der Waals surface area (Å²) in [7, 11) is 0. The molecule has 0 atom stereocenters. The van der Waals surface area contributed by atoms with Crippen molar-refractivity contribution in [3.63, 3.8) is 0 Å². The highest BCUT2D eigenvalue weighted by Crippen LogP contribution is 2.23. The number of benzene rings is 1. The summed E-state index contributed by atoms with van der Waals surface area (Å²) in [5.41, 5.74) is -0.450. The first kappa shape index (κ1) is 19.1. The molecule has 152 valence electrons. The zero-order valence-electron chi connectivity index (χ0n) is 15.7. The summed E-state index contributed by atoms with van der Waals surface area (Å²) >= 11 is 0. The third kappa shape index (κ3) is 3.98. The molecule has 9 heteroatoms. The highest BCUT2D eigenvalue weighted by molar-refractivity contribution is 5.93. The number of rotatable bonds is 5. The van der Waals surface area contributed by atoms with Crippen molar-refractivity contribution in [1.29, 1.82) is 0 Å². The number of aromatic nitrogens is 3. The third-order valence-corrected chi connectivity index (χ3v) is 4.96. The zero-order valence-corrected chi connectivity index (χ0v) is 15.7. The average molecular weight is 402 g/mol. The fourth-order valence-electron chi connectivity index (χ4n) is 3.51. The van der Waals surface area contributed by atoms with Crippen molar-refractivity contribution >= 4 is 11.6 Å². The van der Waals surface area contributed by atoms with Crippen LogP contribution in [0.15, 0.2) is 45.8 Å². The van der Waals surface area contributed by atoms with Crippen LogP contribution in [0, 0.1) is 11.6 Å². The number of carbonyl (C=O) groups is 1. The summed E-state index contributed by atoms with van der Waals surface area (Å²) in [6, 6.07) is 6.27. The van der Waals surface area contributed by atoms with Gasteiger partial charge in [0.1, 0.15) is 29.8 Å². The molecule has 1 amide bonds. The van der Waals surface area contributed by atoms with Gasteiger partial charge in [0.25, 0.3) is 0 Å². The number of nitrogens with zero attached hydrogens (tertiary/aromatic N) is 4. The second-order valence-corrected chi connectivity index (χ2v) is 6.97. The average Bonchev–Trinajstić information content (AvgIpc) is 3.22. The summed E-state index contributed by atoms with van der Waals surface area (Å²) in [5, 5.41) is 4.30. The van der Waals surface area contributed by atoms with Crippen LogP contribution in [-0.2, 0) is 30.8 Å². The lowest BCUT2D eigenvalue weighted by molar-refractivity contribution is -0.119. The number of fused-ring (bicyclic) bond motifs is 1. The van der Waals surface area contributed by atoms with Gasteiger partial charge in [0, 0.05) is 19.0 Å². The lowest BCUT2D eigenvalue weighted by Gasteiger charge is -2.22. The van der Waals surface area contributed by atoms with Crippen LogP contribution >= 0.6 is 0 Å². The number of hydrogen-bond acceptors (Lipinski definition) is 4. The first-order valence-corrected chi connectivity index (χ1v) is 9.47. The van der Waals surface area contributed by atoms with Gasteiger partial charge in [-0.1, -0.05) is 6.42 Å². The maximum absolute atomic E-state index is 14.4. The quantitative estimate of drug-likeness (QED) is 0.658. The second-order valence-electron chi connectivity index (χ2n) is 6.97. The van der Waals surface area contributed by atoms with Crippen LogP contribution in [0.5, 0.6) is 0 Å². The van der Waals surface area contributed by atoms with Gasteiger partial charge in [-0.15, -0.1) is 0 Å². The highest BCUT2D eigenvalue weighted by atomic mass is 19.1. The Morgan fingerprint density at radius 1 is 1.21 bits per heavy atom. The Hall–Kier alpha value is -3.23. The van der Waals surface area contributed by atoms with Crippen molar-refractivity contribution in [1.82, 2.24) is 14.3 Å². The van der Waals surface area contributed by atoms with Crippen molar-refractivity contribution in [3.05, 3.63) is 70.3 Å². The molecule has 0 bridgehead atoms. The third-order valence-electron chi connectivity index (χ3n) is 4.96. The molecule has 0 fully saturated rings. The maximum Gasteiger partial charge on any atom is 0.346 e. The smallest absolute Gasteiger partial charge is 0.346 e. The SMILES string of the molecule is O=C(Cn1nc2n(c1=O)CCCCC2)N(Cc1ccco1)c1ccc(F)cc1F. The van der Waals surface area contributed by atoms with Crippen LogP contribution in [0.1, 0.15) is 30.8 Å². The lowest BCUT2D eigenvalue weighted by Crippen LogP contribution is -2.37. The molecule has 3 aromatic rings. The standard InChI is InChI=1S/C20H20F2N4O3/c21-14-7-8-17(16(22)11-14)25(12-15-5-4-10-29-15)19(27)13-26-20(28)24-9-3-1-2-6-18(24)23-26/h4-5,7-8,10-11H,1-3,6,9,12-13H2. The molecule has 1 aromatic carbocycles. The summed E-state index contributed by atoms with van der Waals surface area (Å²) in [5.74, 6) is -1.09. The molecule has 0 saturated carbocycles. The summed E-state index contributed by atoms with van der Waals surface area (Å²) in [4.78, 5) is 26.8. The molecule has 1 aliphatic rings. The number of aryl methyl sites for hydroxylation is 1. The van der Waals surface area contributed by atoms with E-state index < -0.39 is 17.5 Å². The van der Waals surface area contributed by atoms with Gasteiger partial charge < -0.3 is 9.32 Å². The fraction of sp³-hybridized carbons (Fsp3) is 0.350. The van der Waals surface area contributed by atoms with Gasteiger partial charge in [-0.25, -0.2) is 18.3 Å². The van der Waals surface area contributed by atoms with Crippen LogP contribution in [0.3, 0.4) is 0 Å². The molecule has 0 N–H and O–H groups in total. The molecule has 4 rings (SSSR count). The Balaban J connectivity index is 1.64. The highest BCUT2D eigenvalue weighted by Gasteiger charge is 2.24. The van der Waals surface area contributed by atoms with Gasteiger partial charge in [0.15, 0.2) is 0 Å². The molecule has 0 saturated heterocycles. The second kappa shape index (κ2) is 8.02. The first-order chi connectivity index (χ1) is 14.0. The van der Waals surface area contributed by atoms with Gasteiger partial charge in [-0.2, -0.15) is 5.10 Å². The molecular weight excluding hydrogens is 382 g/mol. The number of furan rings is 1. The van der Waals surface area contributed by atoms with Crippen LogP contribution in [0.25, 0.3) is 0 Å². The van der Waals surface area contributed by atoms with Gasteiger partial charge in [0.2, 0.25) is 5.91 Å². The maximum atomic E-state index is 14.4. The zero-order chi connectivity index (χ0) is 20.4. The Morgan fingerprint density at radius 3 is 2.83 bits per heavy atom. The van der Waals surface area contributed by atoms with Crippen molar-refractivity contribution in [2.24, 2.45) is 0 Å². The molecule has 0 aliphatic carbocycles. The van der Waals surface area contributed by atoms with Crippen molar-refractivity contribution in [2.75, 3.05) is 4.90 Å². The predicted octanol–water partition coefficient (Wildman–Crippen LogP) is 2.88. The van der Waals surface area contributed by atoms with Crippen LogP contribution in [-0.4, -0.2) is 20.3 Å². The summed E-state index contributed by atoms with van der Waals surface area (Å²) in [6.07, 6.45) is 4.98. The first-order valence-electron chi connectivity index (χ1n) is 9.47. The summed E-state index contributed by atoms with van der Waals surface area (Å²) < 4.78 is 35.7. The number of anilines is 1. The summed E-state index contributed by atoms with van der Waals surface area (Å²) in [6.45, 7) is 0.165. The molecule has 29 heavy (non-hydrogen) atoms. The number of hydrogen-bond donors (Lipinski definition) is 0. The monoisotopic (exact) mass is 402 g/mol. The van der Waals surface area contributed by atoms with Crippen LogP contribution in [0.4, 0.5) is 14.5 Å². The topological polar surface area (TPSA) is 73.3 Å². The Morgan fingerprint density at radius 2 is 2.07 bits per heavy atom. The number of halogens is 2. The molecule has 0 radical (unpaired) electrons. The van der Waals surface area contributed by atoms with E-state index in [1.54, 1.807) is 16.7 Å². The van der Waals surface area contributed by atoms with E-state index in [4.69, 9.17) is 4.42 Å². The van der Waals surface area contributed by atoms with E-state index in [0.717, 1.165) is 34.9 Å². The minimum absolute atomic E-state index is 0.0588. The Labute approximate surface area is 165 Å². The van der Waals surface area contributed by atoms with E-state index in [2.05, 4.69) is 5.10 Å². The number of amides is 1. The molecule has 0 unspecified atom stereocenters. The van der Waals surface area contributed by atoms with Crippen molar-refractivity contribution in [2.45, 2.75) is 45.3 Å². The molecule has 3 heterocycles. The lowest BCUT2D eigenvalue weighted by atomic mass is 10.2. The van der Waals surface area contributed by atoms with Gasteiger partial charge in [-0.3, -0.25) is 9.36 Å². The molecule has 7 nitrogen and oxygen atoms in total. The Kier molecular flexibility index (Phi) is 5.28. The van der Waals surface area contributed by atoms with E-state index in [1.807, 2.05) is 0 Å². The minimum Gasteiger partial charge on any atom is -0.467 e. The van der Waals surface area contributed by atoms with E-state index in [0.29, 0.717) is 30.6 Å². The fourth-order valence-corrected chi connectivity index (χ4v) is 3.51. The van der Waals surface area contributed by atoms with Gasteiger partial charge >= 0.3 is 5.69 Å². The van der Waals surface area contributed by atoms with E-state index in [9.17, 15) is 18.4 Å². The molecule has 0 spiro atoms. The van der Waals surface area contributed by atoms with E-state index >= 15 is 0 Å². The molecular formula is C20H20F2N4O3. The van der Waals surface area contributed by atoms with Crippen LogP contribution < -0.4 is 10.6 Å². The van der Waals surface area contributed by atoms with Gasteiger partial charge in [0.05, 0.1) is 18.5 Å². The normalized spacial score (nSPS) is 13.7. The molecule has 1 aliphatic heterocycles. The molecule has 2 aromatic heterocycles. The van der Waals surface area contributed by atoms with Gasteiger partial charge in [-0.05, 0) is 37.1 Å². The van der Waals surface area contributed by atoms with Crippen molar-refractivity contribution < 1.29 is 18.0 Å². The predicted molar refractivity (Wildman–Crippen MR) is 100 cm³/mol. The largest absolute Gasteiger partial charge is 0.467 e.